The summed E-state index contributed by atoms with van der Waals surface area (Å²) in [6, 6.07) is 10.4. The van der Waals surface area contributed by atoms with Crippen molar-refractivity contribution >= 4 is 16.0 Å². The molecule has 0 saturated heterocycles. The number of halogens is 2. The molecule has 0 spiro atoms. The van der Waals surface area contributed by atoms with Gasteiger partial charge < -0.3 is 18.7 Å². The highest BCUT2D eigenvalue weighted by molar-refractivity contribution is 7.89. The Bertz CT molecular complexity index is 1200. The van der Waals surface area contributed by atoms with Crippen LogP contribution in [-0.4, -0.2) is 44.3 Å². The highest BCUT2D eigenvalue weighted by atomic mass is 32.2. The second-order valence-corrected chi connectivity index (χ2v) is 8.23. The van der Waals surface area contributed by atoms with E-state index in [9.17, 15) is 22.0 Å². The Kier molecular flexibility index (Phi) is 7.55. The number of rotatable bonds is 10. The fraction of sp³-hybridized carbons (Fsp3) is 0.250. The van der Waals surface area contributed by atoms with E-state index in [2.05, 4.69) is 19.6 Å². The Labute approximate surface area is 187 Å². The zero-order valence-corrected chi connectivity index (χ0v) is 18.2. The van der Waals surface area contributed by atoms with E-state index in [4.69, 9.17) is 14.0 Å². The predicted octanol–water partition coefficient (Wildman–Crippen LogP) is 2.76. The van der Waals surface area contributed by atoms with Crippen LogP contribution in [0.15, 0.2) is 57.9 Å². The van der Waals surface area contributed by atoms with E-state index in [0.717, 1.165) is 0 Å². The van der Waals surface area contributed by atoms with Gasteiger partial charge in [-0.15, -0.1) is 0 Å². The number of benzene rings is 2. The summed E-state index contributed by atoms with van der Waals surface area (Å²) in [6.45, 7) is -2.10. The molecule has 3 rings (SSSR count). The van der Waals surface area contributed by atoms with Gasteiger partial charge in [-0.2, -0.15) is 18.5 Å². The van der Waals surface area contributed by atoms with Crippen LogP contribution in [0.2, 0.25) is 0 Å². The fourth-order valence-electron chi connectivity index (χ4n) is 2.64. The topological polar surface area (TPSA) is 130 Å². The molecule has 1 aromatic heterocycles. The monoisotopic (exact) mass is 483 g/mol. The first-order chi connectivity index (χ1) is 15.7. The van der Waals surface area contributed by atoms with Crippen molar-refractivity contribution in [1.29, 1.82) is 0 Å². The maximum Gasteiger partial charge on any atom is 0.387 e. The molecule has 0 fully saturated rings. The molecule has 0 saturated carbocycles. The normalized spacial score (nSPS) is 12.4. The second kappa shape index (κ2) is 10.4. The molecule has 0 amide bonds. The van der Waals surface area contributed by atoms with Crippen LogP contribution >= 0.6 is 0 Å². The molecule has 0 aliphatic heterocycles. The van der Waals surface area contributed by atoms with Crippen molar-refractivity contribution in [3.63, 3.8) is 0 Å². The largest absolute Gasteiger partial charge is 0.493 e. The smallest absolute Gasteiger partial charge is 0.387 e. The van der Waals surface area contributed by atoms with Gasteiger partial charge in [0.1, 0.15) is 6.04 Å². The fourth-order valence-corrected chi connectivity index (χ4v) is 3.85. The minimum absolute atomic E-state index is 0.00610. The van der Waals surface area contributed by atoms with Gasteiger partial charge in [0.05, 0.1) is 12.0 Å². The summed E-state index contributed by atoms with van der Waals surface area (Å²) in [6.07, 6.45) is 0. The summed E-state index contributed by atoms with van der Waals surface area (Å²) in [4.78, 5) is 16.2. The molecule has 1 N–H and O–H groups in total. The molecule has 2 aromatic carbocycles. The zero-order valence-electron chi connectivity index (χ0n) is 17.4. The van der Waals surface area contributed by atoms with Crippen LogP contribution in [0.4, 0.5) is 8.78 Å². The molecule has 1 heterocycles. The quantitative estimate of drug-likeness (QED) is 0.433. The number of hydrogen-bond acceptors (Lipinski definition) is 9. The number of sulfonamides is 1. The Morgan fingerprint density at radius 1 is 1.15 bits per heavy atom. The number of hydrogen-bond donors (Lipinski definition) is 1. The first-order valence-electron chi connectivity index (χ1n) is 9.39. The second-order valence-electron chi connectivity index (χ2n) is 6.52. The van der Waals surface area contributed by atoms with Crippen LogP contribution in [0.5, 0.6) is 11.5 Å². The van der Waals surface area contributed by atoms with Gasteiger partial charge in [-0.1, -0.05) is 23.4 Å². The maximum absolute atomic E-state index is 12.5. The molecular formula is C20H19F2N3O7S. The molecule has 176 valence electrons. The summed E-state index contributed by atoms with van der Waals surface area (Å²) >= 11 is 0. The van der Waals surface area contributed by atoms with E-state index in [1.165, 1.54) is 44.4 Å². The lowest BCUT2D eigenvalue weighted by Crippen LogP contribution is -2.39. The highest BCUT2D eigenvalue weighted by Gasteiger charge is 2.24. The molecule has 0 radical (unpaired) electrons. The van der Waals surface area contributed by atoms with Crippen LogP contribution < -0.4 is 14.2 Å². The van der Waals surface area contributed by atoms with Gasteiger partial charge in [0, 0.05) is 5.56 Å². The minimum atomic E-state index is -3.91. The van der Waals surface area contributed by atoms with Crippen LogP contribution in [0.25, 0.3) is 11.4 Å². The number of aromatic nitrogens is 2. The molecule has 10 nitrogen and oxygen atoms in total. The first kappa shape index (κ1) is 24.1. The van der Waals surface area contributed by atoms with Crippen molar-refractivity contribution in [2.24, 2.45) is 0 Å². The van der Waals surface area contributed by atoms with Gasteiger partial charge in [-0.05, 0) is 37.3 Å². The van der Waals surface area contributed by atoms with E-state index in [1.54, 1.807) is 18.2 Å². The van der Waals surface area contributed by atoms with Crippen molar-refractivity contribution < 1.29 is 40.7 Å². The molecule has 0 unspecified atom stereocenters. The van der Waals surface area contributed by atoms with Gasteiger partial charge in [0.15, 0.2) is 18.1 Å². The molecule has 13 heteroatoms. The molecular weight excluding hydrogens is 464 g/mol. The zero-order chi connectivity index (χ0) is 24.0. The van der Waals surface area contributed by atoms with Crippen LogP contribution in [0.3, 0.4) is 0 Å². The molecule has 0 aliphatic carbocycles. The number of esters is 1. The summed E-state index contributed by atoms with van der Waals surface area (Å²) in [5, 5.41) is 3.74. The van der Waals surface area contributed by atoms with Crippen LogP contribution in [-0.2, 0) is 26.2 Å². The van der Waals surface area contributed by atoms with Gasteiger partial charge in [-0.25, -0.2) is 8.42 Å². The third-order valence-electron chi connectivity index (χ3n) is 4.18. The van der Waals surface area contributed by atoms with Crippen molar-refractivity contribution in [3.05, 3.63) is 54.4 Å². The van der Waals surface area contributed by atoms with Gasteiger partial charge in [0.2, 0.25) is 15.8 Å². The third kappa shape index (κ3) is 6.23. The molecule has 0 bridgehead atoms. The Balaban J connectivity index is 1.61. The number of alkyl halides is 2. The SMILES string of the molecule is COc1cc(-c2noc(COC(=O)[C@H](C)NS(=O)(=O)c3ccccc3)n2)ccc1OC(F)F. The average molecular weight is 483 g/mol. The summed E-state index contributed by atoms with van der Waals surface area (Å²) in [5.41, 5.74) is 0.374. The molecule has 0 aliphatic rings. The van der Waals surface area contributed by atoms with Gasteiger partial charge >= 0.3 is 12.6 Å². The van der Waals surface area contributed by atoms with Crippen molar-refractivity contribution in [2.45, 2.75) is 31.1 Å². The van der Waals surface area contributed by atoms with E-state index in [1.807, 2.05) is 0 Å². The van der Waals surface area contributed by atoms with Gasteiger partial charge in [-0.3, -0.25) is 4.79 Å². The standard InChI is InChI=1S/C20H19F2N3O7S/c1-12(25-33(27,28)14-6-4-3-5-7-14)19(26)30-11-17-23-18(24-32-17)13-8-9-15(31-20(21)22)16(10-13)29-2/h3-10,12,20,25H,11H2,1-2H3/t12-/m0/s1. The van der Waals surface area contributed by atoms with Crippen molar-refractivity contribution in [3.8, 4) is 22.9 Å². The van der Waals surface area contributed by atoms with Crippen molar-refractivity contribution in [1.82, 2.24) is 14.9 Å². The predicted molar refractivity (Wildman–Crippen MR) is 109 cm³/mol. The van der Waals surface area contributed by atoms with Crippen LogP contribution in [0, 0.1) is 0 Å². The average Bonchev–Trinajstić information content (AvgIpc) is 3.26. The molecule has 3 aromatic rings. The van der Waals surface area contributed by atoms with E-state index in [-0.39, 0.29) is 28.1 Å². The lowest BCUT2D eigenvalue weighted by atomic mass is 10.2. The summed E-state index contributed by atoms with van der Waals surface area (Å²) < 4.78 is 71.2. The number of carbonyl (C=O) groups is 1. The van der Waals surface area contributed by atoms with E-state index < -0.39 is 35.3 Å². The van der Waals surface area contributed by atoms with E-state index in [0.29, 0.717) is 5.56 Å². The Morgan fingerprint density at radius 2 is 1.88 bits per heavy atom. The lowest BCUT2D eigenvalue weighted by molar-refractivity contribution is -0.147. The maximum atomic E-state index is 12.5. The minimum Gasteiger partial charge on any atom is -0.493 e. The summed E-state index contributed by atoms with van der Waals surface area (Å²) in [7, 11) is -2.63. The van der Waals surface area contributed by atoms with E-state index >= 15 is 0 Å². The first-order valence-corrected chi connectivity index (χ1v) is 10.9. The lowest BCUT2D eigenvalue weighted by Gasteiger charge is -2.13. The Morgan fingerprint density at radius 3 is 2.55 bits per heavy atom. The number of carbonyl (C=O) groups excluding carboxylic acids is 1. The summed E-state index contributed by atoms with van der Waals surface area (Å²) in [5.74, 6) is -0.973. The number of nitrogens with one attached hydrogen (secondary N) is 1. The molecule has 33 heavy (non-hydrogen) atoms. The van der Waals surface area contributed by atoms with Gasteiger partial charge in [0.25, 0.3) is 5.89 Å². The Hall–Kier alpha value is -3.58. The molecule has 1 atom stereocenters. The third-order valence-corrected chi connectivity index (χ3v) is 5.74. The number of nitrogens with zero attached hydrogens (tertiary/aromatic N) is 2. The highest BCUT2D eigenvalue weighted by Crippen LogP contribution is 2.32. The number of ether oxygens (including phenoxy) is 3. The van der Waals surface area contributed by atoms with Crippen molar-refractivity contribution in [2.75, 3.05) is 7.11 Å². The number of methoxy groups -OCH3 is 1. The van der Waals surface area contributed by atoms with Crippen LogP contribution in [0.1, 0.15) is 12.8 Å².